The fourth-order valence-electron chi connectivity index (χ4n) is 2.35. The first kappa shape index (κ1) is 20.6. The van der Waals surface area contributed by atoms with Crippen LogP contribution in [0.15, 0.2) is 47.5 Å². The number of aliphatic imine (C=N–C) groups is 1. The zero-order valence-electron chi connectivity index (χ0n) is 16.1. The van der Waals surface area contributed by atoms with Gasteiger partial charge in [0.1, 0.15) is 16.5 Å². The van der Waals surface area contributed by atoms with Gasteiger partial charge in [0.05, 0.1) is 17.0 Å². The molecule has 2 aromatic carbocycles. The molecule has 0 aliphatic heterocycles. The van der Waals surface area contributed by atoms with E-state index >= 15 is 0 Å². The summed E-state index contributed by atoms with van der Waals surface area (Å²) in [7, 11) is 1.98. The number of hydrogen-bond donors (Lipinski definition) is 0. The number of benzene rings is 2. The van der Waals surface area contributed by atoms with Gasteiger partial charge in [-0.3, -0.25) is 0 Å². The van der Waals surface area contributed by atoms with E-state index in [0.29, 0.717) is 32.6 Å². The molecule has 0 spiro atoms. The van der Waals surface area contributed by atoms with Crippen LogP contribution in [0.5, 0.6) is 10.8 Å². The lowest BCUT2D eigenvalue weighted by molar-refractivity contribution is 0.429. The molecule has 1 aromatic heterocycles. The molecular weight excluding hydrogens is 413 g/mol. The molecule has 28 heavy (non-hydrogen) atoms. The van der Waals surface area contributed by atoms with Crippen LogP contribution in [0, 0.1) is 6.92 Å². The van der Waals surface area contributed by atoms with Gasteiger partial charge in [0.25, 0.3) is 0 Å². The van der Waals surface area contributed by atoms with E-state index in [1.165, 1.54) is 11.5 Å². The van der Waals surface area contributed by atoms with Crippen LogP contribution in [-0.4, -0.2) is 28.7 Å². The molecule has 0 saturated heterocycles. The monoisotopic (exact) mass is 433 g/mol. The molecule has 1 heterocycles. The van der Waals surface area contributed by atoms with Crippen LogP contribution >= 0.6 is 34.7 Å². The van der Waals surface area contributed by atoms with E-state index < -0.39 is 0 Å². The van der Waals surface area contributed by atoms with Gasteiger partial charge in [0, 0.05) is 30.2 Å². The molecule has 0 unspecified atom stereocenters. The second-order valence-corrected chi connectivity index (χ2v) is 8.19. The molecule has 0 aliphatic rings. The SMILES string of the molecule is Cc1cc(Oc2snc(-c3ccccc3)c2Cl)c(Cl)cc1/N=C\N(C)C(C)C. The third-order valence-corrected chi connectivity index (χ3v) is 5.79. The average Bonchev–Trinajstić information content (AvgIpc) is 3.04. The third-order valence-electron chi connectivity index (χ3n) is 4.30. The summed E-state index contributed by atoms with van der Waals surface area (Å²) >= 11 is 14.1. The number of aryl methyl sites for hydroxylation is 1. The van der Waals surface area contributed by atoms with Crippen molar-refractivity contribution in [1.29, 1.82) is 0 Å². The van der Waals surface area contributed by atoms with Crippen molar-refractivity contribution in [2.24, 2.45) is 4.99 Å². The number of halogens is 2. The first-order valence-corrected chi connectivity index (χ1v) is 10.3. The van der Waals surface area contributed by atoms with Crippen molar-refractivity contribution in [3.63, 3.8) is 0 Å². The number of ether oxygens (including phenoxy) is 1. The van der Waals surface area contributed by atoms with E-state index in [2.05, 4.69) is 23.2 Å². The molecule has 0 radical (unpaired) electrons. The summed E-state index contributed by atoms with van der Waals surface area (Å²) in [6, 6.07) is 13.8. The standard InChI is InChI=1S/C21H21Cl2N3OS/c1-13(2)26(4)12-24-17-11-16(22)18(10-14(17)3)27-21-19(23)20(25-28-21)15-8-6-5-7-9-15/h5-13H,1-4H3/b24-12-. The van der Waals surface area contributed by atoms with Crippen molar-refractivity contribution in [2.45, 2.75) is 26.8 Å². The molecule has 7 heteroatoms. The first-order chi connectivity index (χ1) is 13.4. The molecule has 0 bridgehead atoms. The maximum atomic E-state index is 6.50. The Kier molecular flexibility index (Phi) is 6.60. The normalized spacial score (nSPS) is 11.4. The van der Waals surface area contributed by atoms with E-state index in [9.17, 15) is 0 Å². The summed E-state index contributed by atoms with van der Waals surface area (Å²) in [5.41, 5.74) is 3.40. The van der Waals surface area contributed by atoms with Gasteiger partial charge in [-0.25, -0.2) is 4.99 Å². The average molecular weight is 434 g/mol. The molecule has 4 nitrogen and oxygen atoms in total. The Hall–Kier alpha value is -2.08. The summed E-state index contributed by atoms with van der Waals surface area (Å²) in [6.07, 6.45) is 1.80. The first-order valence-electron chi connectivity index (χ1n) is 8.81. The largest absolute Gasteiger partial charge is 0.442 e. The molecule has 0 N–H and O–H groups in total. The van der Waals surface area contributed by atoms with Crippen LogP contribution in [0.3, 0.4) is 0 Å². The van der Waals surface area contributed by atoms with E-state index in [0.717, 1.165) is 16.8 Å². The van der Waals surface area contributed by atoms with Crippen LogP contribution in [0.1, 0.15) is 19.4 Å². The Balaban J connectivity index is 1.84. The quantitative estimate of drug-likeness (QED) is 0.304. The minimum atomic E-state index is 0.370. The van der Waals surface area contributed by atoms with Gasteiger partial charge < -0.3 is 9.64 Å². The van der Waals surface area contributed by atoms with Crippen LogP contribution in [0.25, 0.3) is 11.3 Å². The minimum Gasteiger partial charge on any atom is -0.442 e. The molecular formula is C21H21Cl2N3OS. The highest BCUT2D eigenvalue weighted by atomic mass is 35.5. The molecule has 0 aliphatic carbocycles. The van der Waals surface area contributed by atoms with E-state index in [1.807, 2.05) is 55.3 Å². The van der Waals surface area contributed by atoms with Crippen LogP contribution in [-0.2, 0) is 0 Å². The van der Waals surface area contributed by atoms with Crippen LogP contribution in [0.4, 0.5) is 5.69 Å². The van der Waals surface area contributed by atoms with Crippen LogP contribution in [0.2, 0.25) is 10.0 Å². The second kappa shape index (κ2) is 8.95. The molecule has 0 amide bonds. The lowest BCUT2D eigenvalue weighted by atomic mass is 10.1. The summed E-state index contributed by atoms with van der Waals surface area (Å²) in [5.74, 6) is 0.528. The Morgan fingerprint density at radius 3 is 2.57 bits per heavy atom. The van der Waals surface area contributed by atoms with Gasteiger partial charge in [-0.2, -0.15) is 4.37 Å². The number of nitrogens with zero attached hydrogens (tertiary/aromatic N) is 3. The van der Waals surface area contributed by atoms with E-state index in [4.69, 9.17) is 27.9 Å². The lowest BCUT2D eigenvalue weighted by Crippen LogP contribution is -2.24. The molecule has 0 fully saturated rings. The summed E-state index contributed by atoms with van der Waals surface area (Å²) in [4.78, 5) is 6.55. The third kappa shape index (κ3) is 4.66. The fraction of sp³-hybridized carbons (Fsp3) is 0.238. The van der Waals surface area contributed by atoms with Crippen molar-refractivity contribution < 1.29 is 4.74 Å². The Labute approximate surface area is 179 Å². The lowest BCUT2D eigenvalue weighted by Gasteiger charge is -2.17. The highest BCUT2D eigenvalue weighted by molar-refractivity contribution is 7.08. The van der Waals surface area contributed by atoms with Crippen molar-refractivity contribution in [1.82, 2.24) is 9.27 Å². The highest BCUT2D eigenvalue weighted by Crippen LogP contribution is 2.43. The Morgan fingerprint density at radius 2 is 1.89 bits per heavy atom. The number of hydrogen-bond acceptors (Lipinski definition) is 4. The molecule has 3 rings (SSSR count). The zero-order valence-corrected chi connectivity index (χ0v) is 18.4. The van der Waals surface area contributed by atoms with Gasteiger partial charge in [-0.1, -0.05) is 53.5 Å². The number of aromatic nitrogens is 1. The minimum absolute atomic E-state index is 0.370. The molecule has 146 valence electrons. The van der Waals surface area contributed by atoms with Crippen molar-refractivity contribution in [3.8, 4) is 22.1 Å². The highest BCUT2D eigenvalue weighted by Gasteiger charge is 2.17. The van der Waals surface area contributed by atoms with Crippen molar-refractivity contribution in [2.75, 3.05) is 7.05 Å². The van der Waals surface area contributed by atoms with Gasteiger partial charge in [0.2, 0.25) is 5.06 Å². The van der Waals surface area contributed by atoms with Gasteiger partial charge in [-0.15, -0.1) is 0 Å². The van der Waals surface area contributed by atoms with Gasteiger partial charge >= 0.3 is 0 Å². The Bertz CT molecular complexity index is 987. The molecule has 3 aromatic rings. The second-order valence-electron chi connectivity index (χ2n) is 6.67. The zero-order chi connectivity index (χ0) is 20.3. The summed E-state index contributed by atoms with van der Waals surface area (Å²) < 4.78 is 10.4. The molecule has 0 atom stereocenters. The topological polar surface area (TPSA) is 37.7 Å². The van der Waals surface area contributed by atoms with E-state index in [-0.39, 0.29) is 0 Å². The maximum Gasteiger partial charge on any atom is 0.219 e. The predicted molar refractivity (Wildman–Crippen MR) is 120 cm³/mol. The fourth-order valence-corrected chi connectivity index (χ4v) is 3.57. The summed E-state index contributed by atoms with van der Waals surface area (Å²) in [5, 5.41) is 1.46. The molecule has 0 saturated carbocycles. The number of rotatable bonds is 6. The van der Waals surface area contributed by atoms with Crippen molar-refractivity contribution >= 4 is 46.8 Å². The smallest absolute Gasteiger partial charge is 0.219 e. The predicted octanol–water partition coefficient (Wildman–Crippen LogP) is 7.22. The van der Waals surface area contributed by atoms with Gasteiger partial charge in [-0.05, 0) is 38.5 Å². The Morgan fingerprint density at radius 1 is 1.18 bits per heavy atom. The summed E-state index contributed by atoms with van der Waals surface area (Å²) in [6.45, 7) is 6.17. The van der Waals surface area contributed by atoms with E-state index in [1.54, 1.807) is 12.4 Å². The van der Waals surface area contributed by atoms with Gasteiger partial charge in [0.15, 0.2) is 0 Å². The van der Waals surface area contributed by atoms with Crippen LogP contribution < -0.4 is 4.74 Å². The van der Waals surface area contributed by atoms with Crippen molar-refractivity contribution in [3.05, 3.63) is 58.1 Å². The maximum absolute atomic E-state index is 6.50.